The second-order valence-corrected chi connectivity index (χ2v) is 3.85. The molecule has 2 rings (SSSR count). The lowest BCUT2D eigenvalue weighted by molar-refractivity contribution is 0.174. The van der Waals surface area contributed by atoms with Crippen LogP contribution in [0.3, 0.4) is 0 Å². The van der Waals surface area contributed by atoms with E-state index in [9.17, 15) is 0 Å². The summed E-state index contributed by atoms with van der Waals surface area (Å²) in [7, 11) is 0. The third kappa shape index (κ3) is 2.71. The van der Waals surface area contributed by atoms with Crippen molar-refractivity contribution in [1.82, 2.24) is 0 Å². The predicted molar refractivity (Wildman–Crippen MR) is 63.6 cm³/mol. The Hall–Kier alpha value is -0.680. The highest BCUT2D eigenvalue weighted by molar-refractivity contribution is 6.31. The largest absolute Gasteiger partial charge is 0.454 e. The Kier molecular flexibility index (Phi) is 4.68. The topological polar surface area (TPSA) is 64.7 Å². The first kappa shape index (κ1) is 13.4. The van der Waals surface area contributed by atoms with E-state index in [-0.39, 0.29) is 31.8 Å². The maximum atomic E-state index is 8.86. The van der Waals surface area contributed by atoms with Gasteiger partial charge in [-0.3, -0.25) is 0 Å². The summed E-state index contributed by atoms with van der Waals surface area (Å²) in [6.07, 6.45) is 0.520. The van der Waals surface area contributed by atoms with Crippen molar-refractivity contribution >= 4 is 24.0 Å². The SMILES string of the molecule is Cl.NC(CO)Cc1cc2c(cc1Cl)OCO2. The van der Waals surface area contributed by atoms with E-state index in [0.717, 1.165) is 5.56 Å². The number of ether oxygens (including phenoxy) is 2. The summed E-state index contributed by atoms with van der Waals surface area (Å²) >= 11 is 6.04. The molecule has 0 aliphatic carbocycles. The van der Waals surface area contributed by atoms with Crippen LogP contribution in [0.25, 0.3) is 0 Å². The van der Waals surface area contributed by atoms with Crippen LogP contribution in [0.15, 0.2) is 12.1 Å². The van der Waals surface area contributed by atoms with Crippen LogP contribution in [0, 0.1) is 0 Å². The van der Waals surface area contributed by atoms with E-state index in [0.29, 0.717) is 22.9 Å². The van der Waals surface area contributed by atoms with Crippen molar-refractivity contribution in [2.75, 3.05) is 13.4 Å². The van der Waals surface area contributed by atoms with Gasteiger partial charge in [0.2, 0.25) is 6.79 Å². The molecule has 6 heteroatoms. The quantitative estimate of drug-likeness (QED) is 0.866. The van der Waals surface area contributed by atoms with Crippen molar-refractivity contribution in [1.29, 1.82) is 0 Å². The minimum Gasteiger partial charge on any atom is -0.454 e. The van der Waals surface area contributed by atoms with Crippen LogP contribution in [0.1, 0.15) is 5.56 Å². The van der Waals surface area contributed by atoms with Gasteiger partial charge in [-0.1, -0.05) is 11.6 Å². The molecule has 1 atom stereocenters. The van der Waals surface area contributed by atoms with E-state index in [1.54, 1.807) is 12.1 Å². The van der Waals surface area contributed by atoms with Gasteiger partial charge in [0.15, 0.2) is 11.5 Å². The van der Waals surface area contributed by atoms with Gasteiger partial charge >= 0.3 is 0 Å². The second-order valence-electron chi connectivity index (χ2n) is 3.44. The molecule has 0 radical (unpaired) electrons. The van der Waals surface area contributed by atoms with Gasteiger partial charge in [0.05, 0.1) is 6.61 Å². The molecule has 0 bridgehead atoms. The summed E-state index contributed by atoms with van der Waals surface area (Å²) < 4.78 is 10.4. The van der Waals surface area contributed by atoms with Gasteiger partial charge in [0.25, 0.3) is 0 Å². The minimum absolute atomic E-state index is 0. The van der Waals surface area contributed by atoms with Crippen LogP contribution >= 0.6 is 24.0 Å². The molecule has 0 saturated heterocycles. The third-order valence-corrected chi connectivity index (χ3v) is 2.61. The van der Waals surface area contributed by atoms with Crippen molar-refractivity contribution < 1.29 is 14.6 Å². The summed E-state index contributed by atoms with van der Waals surface area (Å²) in [4.78, 5) is 0. The van der Waals surface area contributed by atoms with Crippen molar-refractivity contribution in [3.05, 3.63) is 22.7 Å². The number of halogens is 2. The molecule has 0 spiro atoms. The molecule has 0 fully saturated rings. The highest BCUT2D eigenvalue weighted by atomic mass is 35.5. The van der Waals surface area contributed by atoms with E-state index in [4.69, 9.17) is 31.9 Å². The lowest BCUT2D eigenvalue weighted by Crippen LogP contribution is -2.26. The molecule has 1 aromatic carbocycles. The zero-order chi connectivity index (χ0) is 10.8. The van der Waals surface area contributed by atoms with E-state index in [1.807, 2.05) is 0 Å². The first-order valence-electron chi connectivity index (χ1n) is 4.65. The lowest BCUT2D eigenvalue weighted by Gasteiger charge is -2.10. The van der Waals surface area contributed by atoms with Crippen molar-refractivity contribution in [3.8, 4) is 11.5 Å². The highest BCUT2D eigenvalue weighted by Crippen LogP contribution is 2.37. The predicted octanol–water partition coefficient (Wildman–Crippen LogP) is 1.35. The van der Waals surface area contributed by atoms with Crippen molar-refractivity contribution in [2.45, 2.75) is 12.5 Å². The smallest absolute Gasteiger partial charge is 0.231 e. The first-order chi connectivity index (χ1) is 7.20. The van der Waals surface area contributed by atoms with Crippen LogP contribution < -0.4 is 15.2 Å². The maximum Gasteiger partial charge on any atom is 0.231 e. The summed E-state index contributed by atoms with van der Waals surface area (Å²) in [6.45, 7) is 0.159. The van der Waals surface area contributed by atoms with Gasteiger partial charge in [0.1, 0.15) is 0 Å². The Labute approximate surface area is 105 Å². The van der Waals surface area contributed by atoms with Crippen LogP contribution in [0.4, 0.5) is 0 Å². The normalized spacial score (nSPS) is 14.4. The minimum atomic E-state index is -0.303. The number of benzene rings is 1. The number of rotatable bonds is 3. The Morgan fingerprint density at radius 1 is 1.38 bits per heavy atom. The van der Waals surface area contributed by atoms with Gasteiger partial charge < -0.3 is 20.3 Å². The zero-order valence-corrected chi connectivity index (χ0v) is 10.1. The summed E-state index contributed by atoms with van der Waals surface area (Å²) in [5, 5.41) is 9.44. The average Bonchev–Trinajstić information content (AvgIpc) is 2.65. The molecular weight excluding hydrogens is 253 g/mol. The number of nitrogens with two attached hydrogens (primary N) is 1. The molecule has 90 valence electrons. The fourth-order valence-corrected chi connectivity index (χ4v) is 1.69. The Balaban J connectivity index is 0.00000128. The fourth-order valence-electron chi connectivity index (χ4n) is 1.46. The lowest BCUT2D eigenvalue weighted by atomic mass is 10.1. The number of hydrogen-bond acceptors (Lipinski definition) is 4. The standard InChI is InChI=1S/C10H12ClNO3.ClH/c11-8-3-10-9(14-5-15-10)2-6(8)1-7(12)4-13;/h2-3,7,13H,1,4-5,12H2;1H. The number of aliphatic hydroxyl groups excluding tert-OH is 1. The van der Waals surface area contributed by atoms with E-state index in [1.165, 1.54) is 0 Å². The van der Waals surface area contributed by atoms with Gasteiger partial charge in [-0.25, -0.2) is 0 Å². The molecule has 0 amide bonds. The van der Waals surface area contributed by atoms with Gasteiger partial charge in [0, 0.05) is 17.1 Å². The number of hydrogen-bond donors (Lipinski definition) is 2. The van der Waals surface area contributed by atoms with Crippen LogP contribution in [0.5, 0.6) is 11.5 Å². The Bertz CT molecular complexity index is 373. The van der Waals surface area contributed by atoms with E-state index in [2.05, 4.69) is 0 Å². The summed E-state index contributed by atoms with van der Waals surface area (Å²) in [5.41, 5.74) is 6.50. The van der Waals surface area contributed by atoms with E-state index >= 15 is 0 Å². The summed E-state index contributed by atoms with van der Waals surface area (Å²) in [5.74, 6) is 1.33. The Morgan fingerprint density at radius 3 is 2.62 bits per heavy atom. The molecule has 0 aromatic heterocycles. The monoisotopic (exact) mass is 265 g/mol. The first-order valence-corrected chi connectivity index (χ1v) is 5.03. The molecule has 0 saturated carbocycles. The van der Waals surface area contributed by atoms with Crippen molar-refractivity contribution in [3.63, 3.8) is 0 Å². The molecule has 1 aliphatic heterocycles. The van der Waals surface area contributed by atoms with Crippen LogP contribution in [-0.4, -0.2) is 24.5 Å². The maximum absolute atomic E-state index is 8.86. The fraction of sp³-hybridized carbons (Fsp3) is 0.400. The van der Waals surface area contributed by atoms with Gasteiger partial charge in [-0.2, -0.15) is 0 Å². The van der Waals surface area contributed by atoms with Crippen molar-refractivity contribution in [2.24, 2.45) is 5.73 Å². The van der Waals surface area contributed by atoms with Crippen LogP contribution in [0.2, 0.25) is 5.02 Å². The molecule has 1 aliphatic rings. The molecule has 4 nitrogen and oxygen atoms in total. The van der Waals surface area contributed by atoms with Crippen LogP contribution in [-0.2, 0) is 6.42 Å². The number of aliphatic hydroxyl groups is 1. The molecule has 1 aromatic rings. The molecule has 3 N–H and O–H groups in total. The molecule has 1 heterocycles. The van der Waals surface area contributed by atoms with Gasteiger partial charge in [-0.15, -0.1) is 12.4 Å². The van der Waals surface area contributed by atoms with E-state index < -0.39 is 0 Å². The molecule has 16 heavy (non-hydrogen) atoms. The molecule has 1 unspecified atom stereocenters. The third-order valence-electron chi connectivity index (χ3n) is 2.26. The second kappa shape index (κ2) is 5.59. The Morgan fingerprint density at radius 2 is 2.00 bits per heavy atom. The molecular formula is C10H13Cl2NO3. The highest BCUT2D eigenvalue weighted by Gasteiger charge is 2.17. The average molecular weight is 266 g/mol. The zero-order valence-electron chi connectivity index (χ0n) is 8.48. The summed E-state index contributed by atoms with van der Waals surface area (Å²) in [6, 6.07) is 3.21. The van der Waals surface area contributed by atoms with Gasteiger partial charge in [-0.05, 0) is 18.1 Å². The number of fused-ring (bicyclic) bond motifs is 1.